The molecule has 1 aliphatic rings. The highest BCUT2D eigenvalue weighted by molar-refractivity contribution is 9.10. The molecular formula is C15H22BrNO. The maximum Gasteiger partial charge on any atom is 0.0468 e. The van der Waals surface area contributed by atoms with E-state index >= 15 is 0 Å². The van der Waals surface area contributed by atoms with Crippen molar-refractivity contribution in [1.82, 2.24) is 5.32 Å². The second-order valence-corrected chi connectivity index (χ2v) is 6.28. The molecule has 3 heteroatoms. The van der Waals surface area contributed by atoms with Crippen LogP contribution < -0.4 is 5.32 Å². The third-order valence-electron chi connectivity index (χ3n) is 3.85. The van der Waals surface area contributed by atoms with Gasteiger partial charge in [-0.1, -0.05) is 28.1 Å². The lowest BCUT2D eigenvalue weighted by Gasteiger charge is -2.15. The predicted molar refractivity (Wildman–Crippen MR) is 78.7 cm³/mol. The molecule has 0 bridgehead atoms. The van der Waals surface area contributed by atoms with Crippen LogP contribution in [-0.2, 0) is 11.3 Å². The summed E-state index contributed by atoms with van der Waals surface area (Å²) in [4.78, 5) is 0. The van der Waals surface area contributed by atoms with Crippen molar-refractivity contribution in [2.45, 2.75) is 32.7 Å². The van der Waals surface area contributed by atoms with E-state index in [9.17, 15) is 0 Å². The van der Waals surface area contributed by atoms with E-state index in [-0.39, 0.29) is 0 Å². The molecule has 2 rings (SSSR count). The molecule has 1 fully saturated rings. The molecule has 0 amide bonds. The summed E-state index contributed by atoms with van der Waals surface area (Å²) >= 11 is 3.53. The van der Waals surface area contributed by atoms with Crippen LogP contribution in [0.3, 0.4) is 0 Å². The molecule has 0 spiro atoms. The maximum atomic E-state index is 5.18. The van der Waals surface area contributed by atoms with Crippen LogP contribution in [0.4, 0.5) is 0 Å². The Labute approximate surface area is 118 Å². The highest BCUT2D eigenvalue weighted by Gasteiger charge is 2.41. The maximum absolute atomic E-state index is 5.18. The summed E-state index contributed by atoms with van der Waals surface area (Å²) in [5.74, 6) is 0. The van der Waals surface area contributed by atoms with Crippen molar-refractivity contribution in [1.29, 1.82) is 0 Å². The topological polar surface area (TPSA) is 21.3 Å². The van der Waals surface area contributed by atoms with E-state index in [0.717, 1.165) is 19.7 Å². The van der Waals surface area contributed by atoms with Gasteiger partial charge in [0.05, 0.1) is 0 Å². The van der Waals surface area contributed by atoms with Crippen LogP contribution in [0, 0.1) is 12.3 Å². The Hall–Kier alpha value is -0.380. The van der Waals surface area contributed by atoms with Crippen LogP contribution in [0.1, 0.15) is 30.4 Å². The summed E-state index contributed by atoms with van der Waals surface area (Å²) < 4.78 is 6.36. The van der Waals surface area contributed by atoms with Crippen LogP contribution >= 0.6 is 15.9 Å². The van der Waals surface area contributed by atoms with Gasteiger partial charge in [-0.05, 0) is 48.8 Å². The minimum atomic E-state index is 0.528. The number of rotatable bonds is 7. The molecule has 1 aromatic rings. The first-order valence-corrected chi connectivity index (χ1v) is 7.39. The van der Waals surface area contributed by atoms with E-state index in [1.807, 2.05) is 0 Å². The van der Waals surface area contributed by atoms with Gasteiger partial charge in [0.25, 0.3) is 0 Å². The molecule has 0 atom stereocenters. The van der Waals surface area contributed by atoms with Crippen LogP contribution in [0.5, 0.6) is 0 Å². The van der Waals surface area contributed by atoms with Gasteiger partial charge < -0.3 is 10.1 Å². The van der Waals surface area contributed by atoms with E-state index < -0.39 is 0 Å². The van der Waals surface area contributed by atoms with Crippen LogP contribution in [0.25, 0.3) is 0 Å². The summed E-state index contributed by atoms with van der Waals surface area (Å²) in [5, 5.41) is 3.59. The molecule has 1 aromatic carbocycles. The van der Waals surface area contributed by atoms with Crippen molar-refractivity contribution in [3.8, 4) is 0 Å². The number of aryl methyl sites for hydroxylation is 1. The quantitative estimate of drug-likeness (QED) is 0.829. The average Bonchev–Trinajstić information content (AvgIpc) is 3.12. The molecule has 0 aromatic heterocycles. The van der Waals surface area contributed by atoms with Crippen LogP contribution in [0.2, 0.25) is 0 Å². The third-order valence-corrected chi connectivity index (χ3v) is 4.73. The zero-order valence-corrected chi connectivity index (χ0v) is 12.8. The van der Waals surface area contributed by atoms with E-state index in [0.29, 0.717) is 5.41 Å². The monoisotopic (exact) mass is 311 g/mol. The summed E-state index contributed by atoms with van der Waals surface area (Å²) in [6.07, 6.45) is 3.89. The minimum absolute atomic E-state index is 0.528. The fourth-order valence-corrected chi connectivity index (χ4v) is 2.55. The molecule has 0 saturated heterocycles. The number of hydrogen-bond donors (Lipinski definition) is 1. The van der Waals surface area contributed by atoms with E-state index in [1.165, 1.54) is 34.9 Å². The van der Waals surface area contributed by atoms with Gasteiger partial charge in [0.15, 0.2) is 0 Å². The zero-order valence-electron chi connectivity index (χ0n) is 11.3. The summed E-state index contributed by atoms with van der Waals surface area (Å²) in [7, 11) is 1.79. The summed E-state index contributed by atoms with van der Waals surface area (Å²) in [6, 6.07) is 6.55. The van der Waals surface area contributed by atoms with Gasteiger partial charge in [0.1, 0.15) is 0 Å². The number of nitrogens with one attached hydrogen (secondary N) is 1. The fourth-order valence-electron chi connectivity index (χ4n) is 2.30. The van der Waals surface area contributed by atoms with Gasteiger partial charge in [-0.15, -0.1) is 0 Å². The van der Waals surface area contributed by atoms with Crippen molar-refractivity contribution in [3.63, 3.8) is 0 Å². The highest BCUT2D eigenvalue weighted by atomic mass is 79.9. The molecule has 1 aliphatic carbocycles. The van der Waals surface area contributed by atoms with Crippen molar-refractivity contribution >= 4 is 15.9 Å². The lowest BCUT2D eigenvalue weighted by atomic mass is 10.0. The Morgan fingerprint density at radius 2 is 2.17 bits per heavy atom. The number of hydrogen-bond acceptors (Lipinski definition) is 2. The van der Waals surface area contributed by atoms with Gasteiger partial charge in [-0.3, -0.25) is 0 Å². The van der Waals surface area contributed by atoms with E-state index in [4.69, 9.17) is 4.74 Å². The second kappa shape index (κ2) is 6.18. The molecule has 0 heterocycles. The van der Waals surface area contributed by atoms with Crippen molar-refractivity contribution in [2.75, 3.05) is 20.3 Å². The lowest BCUT2D eigenvalue weighted by Crippen LogP contribution is -2.24. The van der Waals surface area contributed by atoms with Crippen molar-refractivity contribution < 1.29 is 4.74 Å². The van der Waals surface area contributed by atoms with Crippen molar-refractivity contribution in [2.24, 2.45) is 5.41 Å². The Bertz CT molecular complexity index is 401. The van der Waals surface area contributed by atoms with E-state index in [1.54, 1.807) is 7.11 Å². The largest absolute Gasteiger partial charge is 0.385 e. The van der Waals surface area contributed by atoms with Gasteiger partial charge in [-0.2, -0.15) is 0 Å². The molecule has 0 unspecified atom stereocenters. The predicted octanol–water partition coefficient (Wildman–Crippen LogP) is 3.66. The zero-order chi connectivity index (χ0) is 13.0. The van der Waals surface area contributed by atoms with Crippen molar-refractivity contribution in [3.05, 3.63) is 33.8 Å². The smallest absolute Gasteiger partial charge is 0.0468 e. The molecule has 0 radical (unpaired) electrons. The SMILES string of the molecule is COCCC1(CNCc2ccc(Br)c(C)c2)CC1. The summed E-state index contributed by atoms with van der Waals surface area (Å²) in [5.41, 5.74) is 3.19. The third kappa shape index (κ3) is 3.81. The minimum Gasteiger partial charge on any atom is -0.385 e. The van der Waals surface area contributed by atoms with Gasteiger partial charge in [0, 0.05) is 31.3 Å². The Morgan fingerprint density at radius 1 is 1.39 bits per heavy atom. The number of methoxy groups -OCH3 is 1. The molecule has 2 nitrogen and oxygen atoms in total. The number of halogens is 1. The number of benzene rings is 1. The Morgan fingerprint density at radius 3 is 2.78 bits per heavy atom. The first kappa shape index (κ1) is 14.0. The van der Waals surface area contributed by atoms with Gasteiger partial charge in [0.2, 0.25) is 0 Å². The molecule has 100 valence electrons. The Balaban J connectivity index is 1.76. The average molecular weight is 312 g/mol. The van der Waals surface area contributed by atoms with Gasteiger partial charge >= 0.3 is 0 Å². The standard InChI is InChI=1S/C15H22BrNO/c1-12-9-13(3-4-14(12)16)10-17-11-15(5-6-15)7-8-18-2/h3-4,9,17H,5-8,10-11H2,1-2H3. The molecule has 1 N–H and O–H groups in total. The molecule has 0 aliphatic heterocycles. The highest BCUT2D eigenvalue weighted by Crippen LogP contribution is 2.48. The molecular weight excluding hydrogens is 290 g/mol. The number of ether oxygens (including phenoxy) is 1. The Kier molecular flexibility index (Phi) is 4.82. The fraction of sp³-hybridized carbons (Fsp3) is 0.600. The lowest BCUT2D eigenvalue weighted by molar-refractivity contribution is 0.171. The van der Waals surface area contributed by atoms with Crippen LogP contribution in [-0.4, -0.2) is 20.3 Å². The molecule has 18 heavy (non-hydrogen) atoms. The van der Waals surface area contributed by atoms with Gasteiger partial charge in [-0.25, -0.2) is 0 Å². The second-order valence-electron chi connectivity index (χ2n) is 5.43. The summed E-state index contributed by atoms with van der Waals surface area (Å²) in [6.45, 7) is 5.10. The normalized spacial score (nSPS) is 16.8. The van der Waals surface area contributed by atoms with Crippen LogP contribution in [0.15, 0.2) is 22.7 Å². The van der Waals surface area contributed by atoms with E-state index in [2.05, 4.69) is 46.4 Å². The first-order valence-electron chi connectivity index (χ1n) is 6.60. The first-order chi connectivity index (χ1) is 8.65. The molecule has 1 saturated carbocycles.